The molecule has 1 aromatic rings. The first-order valence-electron chi connectivity index (χ1n) is 8.22. The number of hydrogen-bond acceptors (Lipinski definition) is 6. The van der Waals surface area contributed by atoms with Crippen molar-refractivity contribution in [2.24, 2.45) is 11.5 Å². The van der Waals surface area contributed by atoms with Gasteiger partial charge in [-0.3, -0.25) is 5.01 Å². The van der Waals surface area contributed by atoms with Gasteiger partial charge in [0.15, 0.2) is 0 Å². The fourth-order valence-corrected chi connectivity index (χ4v) is 3.98. The molecule has 4 N–H and O–H groups in total. The molecular weight excluding hydrogens is 414 g/mol. The molecule has 0 saturated carbocycles. The third-order valence-electron chi connectivity index (χ3n) is 4.81. The zero-order chi connectivity index (χ0) is 19.9. The second kappa shape index (κ2) is 6.63. The number of rotatable bonds is 3. The summed E-state index contributed by atoms with van der Waals surface area (Å²) in [4.78, 5) is 24.6. The number of amides is 2. The Morgan fingerprint density at radius 2 is 2.00 bits per heavy atom. The Labute approximate surface area is 164 Å². The summed E-state index contributed by atoms with van der Waals surface area (Å²) >= 11 is 3.39. The quantitative estimate of drug-likeness (QED) is 0.706. The van der Waals surface area contributed by atoms with E-state index in [1.54, 1.807) is 13.8 Å². The van der Waals surface area contributed by atoms with E-state index in [1.165, 1.54) is 5.01 Å². The van der Waals surface area contributed by atoms with Crippen LogP contribution in [0.2, 0.25) is 0 Å². The number of benzene rings is 1. The van der Waals surface area contributed by atoms with Crippen LogP contribution in [-0.2, 0) is 15.1 Å². The lowest BCUT2D eigenvalue weighted by Crippen LogP contribution is -2.50. The molecule has 0 spiro atoms. The van der Waals surface area contributed by atoms with E-state index in [2.05, 4.69) is 22.0 Å². The number of carbonyl (C=O) groups is 2. The van der Waals surface area contributed by atoms with Crippen LogP contribution in [0.3, 0.4) is 0 Å². The number of hydrazine groups is 1. The number of nitrogens with zero attached hydrogens (tertiary/aromatic N) is 3. The largest absolute Gasteiger partial charge is 0.463 e. The fraction of sp³-hybridized carbons (Fsp3) is 0.278. The molecule has 1 unspecified atom stereocenters. The lowest BCUT2D eigenvalue weighted by molar-refractivity contribution is -0.138. The molecule has 2 aliphatic heterocycles. The normalized spacial score (nSPS) is 21.4. The first-order valence-corrected chi connectivity index (χ1v) is 9.01. The third-order valence-corrected chi connectivity index (χ3v) is 5.34. The van der Waals surface area contributed by atoms with Gasteiger partial charge in [0.05, 0.1) is 12.2 Å². The Morgan fingerprint density at radius 3 is 2.52 bits per heavy atom. The van der Waals surface area contributed by atoms with Gasteiger partial charge in [0.1, 0.15) is 23.0 Å². The van der Waals surface area contributed by atoms with E-state index >= 15 is 0 Å². The summed E-state index contributed by atoms with van der Waals surface area (Å²) in [5.74, 6) is -0.545. The molecule has 0 aromatic heterocycles. The maximum atomic E-state index is 12.5. The molecule has 0 radical (unpaired) electrons. The number of fused-ring (bicyclic) bond motifs is 1. The standard InChI is InChI=1S/C18H18BrN5O3/c1-3-27-16(25)13-8-18(11-4-6-12(19)7-5-11)14(9-20)15(21)23(17(22)26)24(18)10(13)2/h4-7H,3,8,21H2,1-2H3,(H2,22,26). The number of primary amides is 1. The minimum atomic E-state index is -1.14. The Hall–Kier alpha value is -2.99. The molecule has 27 heavy (non-hydrogen) atoms. The van der Waals surface area contributed by atoms with E-state index in [0.717, 1.165) is 9.48 Å². The van der Waals surface area contributed by atoms with Crippen molar-refractivity contribution in [3.8, 4) is 6.07 Å². The van der Waals surface area contributed by atoms with Crippen LogP contribution in [0.5, 0.6) is 0 Å². The van der Waals surface area contributed by atoms with Crippen molar-refractivity contribution in [1.82, 2.24) is 10.0 Å². The van der Waals surface area contributed by atoms with Gasteiger partial charge in [-0.1, -0.05) is 28.1 Å². The zero-order valence-corrected chi connectivity index (χ0v) is 16.4. The number of hydrogen-bond donors (Lipinski definition) is 2. The van der Waals surface area contributed by atoms with Crippen molar-refractivity contribution >= 4 is 27.9 Å². The van der Waals surface area contributed by atoms with Crippen LogP contribution in [0.4, 0.5) is 4.79 Å². The number of nitrogens with two attached hydrogens (primary N) is 2. The molecule has 9 heteroatoms. The average Bonchev–Trinajstić information content (AvgIpc) is 3.05. The topological polar surface area (TPSA) is 126 Å². The van der Waals surface area contributed by atoms with Gasteiger partial charge in [-0.15, -0.1) is 0 Å². The van der Waals surface area contributed by atoms with Gasteiger partial charge >= 0.3 is 12.0 Å². The van der Waals surface area contributed by atoms with Crippen LogP contribution in [0.1, 0.15) is 25.8 Å². The summed E-state index contributed by atoms with van der Waals surface area (Å²) in [6.45, 7) is 3.60. The molecule has 2 heterocycles. The molecule has 0 bridgehead atoms. The van der Waals surface area contributed by atoms with Gasteiger partial charge in [-0.05, 0) is 31.5 Å². The van der Waals surface area contributed by atoms with Crippen LogP contribution in [0.25, 0.3) is 0 Å². The van der Waals surface area contributed by atoms with E-state index in [4.69, 9.17) is 16.2 Å². The number of ether oxygens (including phenoxy) is 1. The molecule has 8 nitrogen and oxygen atoms in total. The summed E-state index contributed by atoms with van der Waals surface area (Å²) < 4.78 is 6.01. The number of esters is 1. The first-order chi connectivity index (χ1) is 12.8. The summed E-state index contributed by atoms with van der Waals surface area (Å²) in [7, 11) is 0. The van der Waals surface area contributed by atoms with Crippen LogP contribution in [0.15, 0.2) is 51.4 Å². The van der Waals surface area contributed by atoms with Gasteiger partial charge in [-0.25, -0.2) is 9.59 Å². The average molecular weight is 432 g/mol. The van der Waals surface area contributed by atoms with E-state index in [-0.39, 0.29) is 24.4 Å². The fourth-order valence-electron chi connectivity index (χ4n) is 3.71. The van der Waals surface area contributed by atoms with Crippen LogP contribution < -0.4 is 11.5 Å². The predicted octanol–water partition coefficient (Wildman–Crippen LogP) is 2.19. The van der Waals surface area contributed by atoms with Crippen molar-refractivity contribution in [3.63, 3.8) is 0 Å². The minimum absolute atomic E-state index is 0.0461. The number of carbonyl (C=O) groups excluding carboxylic acids is 2. The maximum Gasteiger partial charge on any atom is 0.339 e. The van der Waals surface area contributed by atoms with Gasteiger partial charge < -0.3 is 16.2 Å². The van der Waals surface area contributed by atoms with E-state index in [0.29, 0.717) is 16.8 Å². The van der Waals surface area contributed by atoms with Crippen LogP contribution in [-0.4, -0.2) is 28.6 Å². The highest BCUT2D eigenvalue weighted by molar-refractivity contribution is 9.10. The maximum absolute atomic E-state index is 12.5. The van der Waals surface area contributed by atoms with Crippen molar-refractivity contribution < 1.29 is 14.3 Å². The summed E-state index contributed by atoms with van der Waals surface area (Å²) in [6, 6.07) is 8.53. The number of urea groups is 1. The van der Waals surface area contributed by atoms with Crippen LogP contribution >= 0.6 is 15.9 Å². The summed E-state index contributed by atoms with van der Waals surface area (Å²) in [5, 5.41) is 12.4. The highest BCUT2D eigenvalue weighted by atomic mass is 79.9. The van der Waals surface area contributed by atoms with Crippen molar-refractivity contribution in [1.29, 1.82) is 5.26 Å². The molecular formula is C18H18BrN5O3. The van der Waals surface area contributed by atoms with Crippen molar-refractivity contribution in [2.45, 2.75) is 25.8 Å². The molecule has 0 saturated heterocycles. The molecule has 1 aromatic carbocycles. The molecule has 3 rings (SSSR count). The smallest absolute Gasteiger partial charge is 0.339 e. The van der Waals surface area contributed by atoms with Gasteiger partial charge in [0, 0.05) is 16.6 Å². The van der Waals surface area contributed by atoms with Gasteiger partial charge in [-0.2, -0.15) is 10.3 Å². The monoisotopic (exact) mass is 431 g/mol. The summed E-state index contributed by atoms with van der Waals surface area (Å²) in [6.07, 6.45) is 0.132. The highest BCUT2D eigenvalue weighted by Gasteiger charge is 2.59. The van der Waals surface area contributed by atoms with Crippen molar-refractivity contribution in [2.75, 3.05) is 6.61 Å². The first kappa shape index (κ1) is 18.8. The lowest BCUT2D eigenvalue weighted by Gasteiger charge is -2.39. The minimum Gasteiger partial charge on any atom is -0.463 e. The van der Waals surface area contributed by atoms with Crippen molar-refractivity contribution in [3.05, 3.63) is 57.0 Å². The summed E-state index contributed by atoms with van der Waals surface area (Å²) in [5.41, 5.74) is 12.2. The number of allylic oxidation sites excluding steroid dienone is 1. The van der Waals surface area contributed by atoms with E-state index < -0.39 is 17.5 Å². The van der Waals surface area contributed by atoms with Gasteiger partial charge in [0.25, 0.3) is 0 Å². The SMILES string of the molecule is CCOC(=O)C1=C(C)N2N(C(N)=O)C(N)=C(C#N)C2(c2ccc(Br)cc2)C1. The molecule has 2 aliphatic rings. The van der Waals surface area contributed by atoms with Gasteiger partial charge in [0.2, 0.25) is 0 Å². The lowest BCUT2D eigenvalue weighted by atomic mass is 9.80. The predicted molar refractivity (Wildman–Crippen MR) is 99.9 cm³/mol. The Kier molecular flexibility index (Phi) is 4.61. The molecule has 0 aliphatic carbocycles. The third kappa shape index (κ3) is 2.56. The van der Waals surface area contributed by atoms with E-state index in [1.807, 2.05) is 24.3 Å². The zero-order valence-electron chi connectivity index (χ0n) is 14.8. The second-order valence-corrected chi connectivity index (χ2v) is 7.08. The highest BCUT2D eigenvalue weighted by Crippen LogP contribution is 2.54. The number of nitriles is 1. The molecule has 140 valence electrons. The Morgan fingerprint density at radius 1 is 1.37 bits per heavy atom. The molecule has 1 atom stereocenters. The Balaban J connectivity index is 2.27. The second-order valence-electron chi connectivity index (χ2n) is 6.16. The molecule has 2 amide bonds. The van der Waals surface area contributed by atoms with Crippen LogP contribution in [0, 0.1) is 11.3 Å². The molecule has 0 fully saturated rings. The Bertz CT molecular complexity index is 931. The van der Waals surface area contributed by atoms with E-state index in [9.17, 15) is 14.9 Å². The number of halogens is 1.